The molecule has 0 unspecified atom stereocenters. The lowest BCUT2D eigenvalue weighted by atomic mass is 10.3. The fourth-order valence-corrected chi connectivity index (χ4v) is 2.46. The molecule has 0 aliphatic heterocycles. The Morgan fingerprint density at radius 2 is 1.78 bits per heavy atom. The minimum Gasteiger partial charge on any atom is -0.489 e. The van der Waals surface area contributed by atoms with E-state index in [4.69, 9.17) is 4.74 Å². The van der Waals surface area contributed by atoms with Crippen LogP contribution in [0.1, 0.15) is 25.2 Å². The Labute approximate surface area is 135 Å². The first-order valence-electron chi connectivity index (χ1n) is 7.68. The van der Waals surface area contributed by atoms with Gasteiger partial charge in [0.2, 0.25) is 0 Å². The van der Waals surface area contributed by atoms with Gasteiger partial charge in [-0.3, -0.25) is 4.40 Å². The van der Waals surface area contributed by atoms with Crippen LogP contribution in [-0.4, -0.2) is 15.5 Å². The molecule has 0 bridgehead atoms. The van der Waals surface area contributed by atoms with Gasteiger partial charge in [-0.2, -0.15) is 0 Å². The normalized spacial score (nSPS) is 11.7. The lowest BCUT2D eigenvalue weighted by Gasteiger charge is -2.10. The fourth-order valence-electron chi connectivity index (χ4n) is 2.46. The number of hydrogen-bond acceptors (Lipinski definition) is 4. The molecule has 2 aromatic heterocycles. The van der Waals surface area contributed by atoms with Gasteiger partial charge in [0.25, 0.3) is 0 Å². The maximum atomic E-state index is 5.78. The lowest BCUT2D eigenvalue weighted by Crippen LogP contribution is -2.05. The van der Waals surface area contributed by atoms with E-state index in [-0.39, 0.29) is 6.10 Å². The molecule has 0 N–H and O–H groups in total. The van der Waals surface area contributed by atoms with Gasteiger partial charge in [0.05, 0.1) is 11.8 Å². The van der Waals surface area contributed by atoms with Crippen LogP contribution in [0.25, 0.3) is 5.65 Å². The molecule has 0 saturated carbocycles. The van der Waals surface area contributed by atoms with E-state index in [0.29, 0.717) is 5.69 Å². The Bertz CT molecular complexity index is 865. The maximum Gasteiger partial charge on any atom is 0.182 e. The Morgan fingerprint density at radius 1 is 1.00 bits per heavy atom. The molecule has 0 radical (unpaired) electrons. The number of azo groups is 1. The standard InChI is InChI=1S/C18H20N4O/c1-12(2)23-16-10-6-5-9-15(16)20-21-18-14(4)19-17-11-7-8-13(3)22(17)18/h5-12H,1-4H3. The molecule has 0 spiro atoms. The number of para-hydroxylation sites is 1. The second kappa shape index (κ2) is 6.20. The second-order valence-corrected chi connectivity index (χ2v) is 5.72. The summed E-state index contributed by atoms with van der Waals surface area (Å²) in [5, 5.41) is 8.83. The van der Waals surface area contributed by atoms with Crippen LogP contribution in [0.4, 0.5) is 11.5 Å². The number of aryl methyl sites for hydroxylation is 2. The molecule has 3 rings (SSSR count). The number of nitrogens with zero attached hydrogens (tertiary/aromatic N) is 4. The van der Waals surface area contributed by atoms with Gasteiger partial charge in [-0.15, -0.1) is 10.2 Å². The number of rotatable bonds is 4. The molecule has 0 amide bonds. The summed E-state index contributed by atoms with van der Waals surface area (Å²) < 4.78 is 7.79. The van der Waals surface area contributed by atoms with Gasteiger partial charge in [0.1, 0.15) is 17.1 Å². The Hall–Kier alpha value is -2.69. The number of benzene rings is 1. The van der Waals surface area contributed by atoms with E-state index < -0.39 is 0 Å². The van der Waals surface area contributed by atoms with Crippen LogP contribution in [-0.2, 0) is 0 Å². The van der Waals surface area contributed by atoms with E-state index in [9.17, 15) is 0 Å². The molecule has 0 aliphatic carbocycles. The topological polar surface area (TPSA) is 51.2 Å². The number of ether oxygens (including phenoxy) is 1. The lowest BCUT2D eigenvalue weighted by molar-refractivity contribution is 0.243. The van der Waals surface area contributed by atoms with Crippen molar-refractivity contribution in [3.63, 3.8) is 0 Å². The van der Waals surface area contributed by atoms with Gasteiger partial charge in [0, 0.05) is 5.69 Å². The van der Waals surface area contributed by atoms with Crippen molar-refractivity contribution in [1.82, 2.24) is 9.38 Å². The zero-order valence-electron chi connectivity index (χ0n) is 13.8. The largest absolute Gasteiger partial charge is 0.489 e. The third kappa shape index (κ3) is 3.08. The highest BCUT2D eigenvalue weighted by atomic mass is 16.5. The summed E-state index contributed by atoms with van der Waals surface area (Å²) in [6.07, 6.45) is 0.0890. The Kier molecular flexibility index (Phi) is 4.10. The van der Waals surface area contributed by atoms with E-state index in [1.54, 1.807) is 0 Å². The summed E-state index contributed by atoms with van der Waals surface area (Å²) in [4.78, 5) is 4.53. The third-order valence-electron chi connectivity index (χ3n) is 3.46. The van der Waals surface area contributed by atoms with E-state index in [2.05, 4.69) is 15.2 Å². The summed E-state index contributed by atoms with van der Waals surface area (Å²) >= 11 is 0. The SMILES string of the molecule is Cc1nc2cccc(C)n2c1N=Nc1ccccc1OC(C)C. The number of imidazole rings is 1. The van der Waals surface area contributed by atoms with Crippen molar-refractivity contribution in [1.29, 1.82) is 0 Å². The number of hydrogen-bond donors (Lipinski definition) is 0. The predicted molar refractivity (Wildman–Crippen MR) is 91.0 cm³/mol. The third-order valence-corrected chi connectivity index (χ3v) is 3.46. The molecule has 23 heavy (non-hydrogen) atoms. The van der Waals surface area contributed by atoms with Gasteiger partial charge in [-0.25, -0.2) is 4.98 Å². The van der Waals surface area contributed by atoms with Crippen LogP contribution in [0.5, 0.6) is 5.75 Å². The highest BCUT2D eigenvalue weighted by Crippen LogP contribution is 2.31. The maximum absolute atomic E-state index is 5.78. The summed E-state index contributed by atoms with van der Waals surface area (Å²) in [6.45, 7) is 7.96. The first-order chi connectivity index (χ1) is 11.1. The van der Waals surface area contributed by atoms with Crippen LogP contribution in [0, 0.1) is 13.8 Å². The Balaban J connectivity index is 2.03. The summed E-state index contributed by atoms with van der Waals surface area (Å²) in [6, 6.07) is 13.6. The molecule has 0 aliphatic rings. The van der Waals surface area contributed by atoms with Crippen molar-refractivity contribution in [2.45, 2.75) is 33.8 Å². The molecule has 3 aromatic rings. The first-order valence-corrected chi connectivity index (χ1v) is 7.68. The van der Waals surface area contributed by atoms with Crippen LogP contribution in [0.2, 0.25) is 0 Å². The van der Waals surface area contributed by atoms with E-state index in [0.717, 1.165) is 28.6 Å². The highest BCUT2D eigenvalue weighted by Gasteiger charge is 2.10. The monoisotopic (exact) mass is 308 g/mol. The van der Waals surface area contributed by atoms with Gasteiger partial charge >= 0.3 is 0 Å². The zero-order chi connectivity index (χ0) is 16.4. The van der Waals surface area contributed by atoms with Crippen LogP contribution < -0.4 is 4.74 Å². The molecular weight excluding hydrogens is 288 g/mol. The summed E-state index contributed by atoms with van der Waals surface area (Å²) in [5.41, 5.74) is 3.52. The van der Waals surface area contributed by atoms with E-state index in [1.807, 2.05) is 74.6 Å². The van der Waals surface area contributed by atoms with Crippen molar-refractivity contribution in [3.05, 3.63) is 53.9 Å². The number of pyridine rings is 1. The smallest absolute Gasteiger partial charge is 0.182 e. The molecule has 1 aromatic carbocycles. The highest BCUT2D eigenvalue weighted by molar-refractivity contribution is 5.55. The molecular formula is C18H20N4O. The quantitative estimate of drug-likeness (QED) is 0.625. The molecule has 0 fully saturated rings. The molecule has 5 nitrogen and oxygen atoms in total. The first kappa shape index (κ1) is 15.2. The number of aromatic nitrogens is 2. The van der Waals surface area contributed by atoms with Gasteiger partial charge in [0.15, 0.2) is 5.82 Å². The van der Waals surface area contributed by atoms with Gasteiger partial charge in [-0.1, -0.05) is 18.2 Å². The molecule has 2 heterocycles. The van der Waals surface area contributed by atoms with Crippen LogP contribution >= 0.6 is 0 Å². The molecule has 118 valence electrons. The van der Waals surface area contributed by atoms with Crippen molar-refractivity contribution in [3.8, 4) is 5.75 Å². The van der Waals surface area contributed by atoms with Crippen molar-refractivity contribution >= 4 is 17.2 Å². The predicted octanol–water partition coefficient (Wildman–Crippen LogP) is 5.15. The second-order valence-electron chi connectivity index (χ2n) is 5.72. The number of fused-ring (bicyclic) bond motifs is 1. The molecule has 5 heteroatoms. The minimum absolute atomic E-state index is 0.0890. The van der Waals surface area contributed by atoms with Gasteiger partial charge in [-0.05, 0) is 52.0 Å². The molecule has 0 atom stereocenters. The fraction of sp³-hybridized carbons (Fsp3) is 0.278. The van der Waals surface area contributed by atoms with Gasteiger partial charge < -0.3 is 4.74 Å². The average Bonchev–Trinajstić information content (AvgIpc) is 2.83. The van der Waals surface area contributed by atoms with E-state index >= 15 is 0 Å². The zero-order valence-corrected chi connectivity index (χ0v) is 13.8. The average molecular weight is 308 g/mol. The van der Waals surface area contributed by atoms with Crippen LogP contribution in [0.15, 0.2) is 52.7 Å². The van der Waals surface area contributed by atoms with Crippen molar-refractivity contribution in [2.75, 3.05) is 0 Å². The van der Waals surface area contributed by atoms with Crippen LogP contribution in [0.3, 0.4) is 0 Å². The molecule has 0 saturated heterocycles. The van der Waals surface area contributed by atoms with Crippen molar-refractivity contribution < 1.29 is 4.74 Å². The van der Waals surface area contributed by atoms with Crippen molar-refractivity contribution in [2.24, 2.45) is 10.2 Å². The summed E-state index contributed by atoms with van der Waals surface area (Å²) in [5.74, 6) is 1.48. The minimum atomic E-state index is 0.0890. The van der Waals surface area contributed by atoms with E-state index in [1.165, 1.54) is 0 Å². The Morgan fingerprint density at radius 3 is 2.57 bits per heavy atom. The summed E-state index contributed by atoms with van der Waals surface area (Å²) in [7, 11) is 0.